The normalized spacial score (nSPS) is 13.5. The van der Waals surface area contributed by atoms with Crippen molar-refractivity contribution < 1.29 is 4.42 Å². The first-order valence-electron chi connectivity index (χ1n) is 7.83. The first-order chi connectivity index (χ1) is 9.99. The summed E-state index contributed by atoms with van der Waals surface area (Å²) in [6, 6.07) is 8.84. The molecule has 2 rings (SSSR count). The Hall–Kier alpha value is -1.32. The summed E-state index contributed by atoms with van der Waals surface area (Å²) in [6.45, 7) is 8.48. The van der Waals surface area contributed by atoms with Gasteiger partial charge in [-0.2, -0.15) is 0 Å². The lowest BCUT2D eigenvalue weighted by Gasteiger charge is -2.26. The Balaban J connectivity index is 1.99. The third kappa shape index (κ3) is 4.08. The molecule has 0 saturated heterocycles. The number of rotatable bonds is 7. The van der Waals surface area contributed by atoms with Gasteiger partial charge in [-0.1, -0.05) is 32.0 Å². The van der Waals surface area contributed by atoms with E-state index in [9.17, 15) is 0 Å². The lowest BCUT2D eigenvalue weighted by Crippen LogP contribution is -2.38. The lowest BCUT2D eigenvalue weighted by molar-refractivity contribution is 0.246. The van der Waals surface area contributed by atoms with Crippen LogP contribution in [-0.4, -0.2) is 31.6 Å². The molecule has 0 spiro atoms. The molecule has 1 heterocycles. The van der Waals surface area contributed by atoms with Gasteiger partial charge >= 0.3 is 0 Å². The Morgan fingerprint density at radius 1 is 1.19 bits per heavy atom. The molecule has 0 fully saturated rings. The number of benzene rings is 1. The first kappa shape index (κ1) is 16.1. The number of hydrogen-bond acceptors (Lipinski definition) is 3. The molecule has 1 N–H and O–H groups in total. The van der Waals surface area contributed by atoms with E-state index in [1.54, 1.807) is 0 Å². The zero-order chi connectivity index (χ0) is 15.4. The van der Waals surface area contributed by atoms with Crippen molar-refractivity contribution in [3.05, 3.63) is 35.6 Å². The second kappa shape index (κ2) is 7.10. The predicted octanol–water partition coefficient (Wildman–Crippen LogP) is 3.81. The van der Waals surface area contributed by atoms with Crippen molar-refractivity contribution in [1.29, 1.82) is 0 Å². The molecule has 1 aromatic heterocycles. The molecule has 0 radical (unpaired) electrons. The standard InChI is InChI=1S/C18H28N2O/c1-13(2)10-15(20(4)5)11-19-12-17-14(3)21-18-9-7-6-8-16(17)18/h6-9,13,15,19H,10-12H2,1-5H3. The summed E-state index contributed by atoms with van der Waals surface area (Å²) >= 11 is 0. The Bertz CT molecular complexity index is 572. The Morgan fingerprint density at radius 2 is 1.90 bits per heavy atom. The SMILES string of the molecule is Cc1oc2ccccc2c1CNCC(CC(C)C)N(C)C. The van der Waals surface area contributed by atoms with E-state index in [1.807, 2.05) is 12.1 Å². The molecule has 0 aliphatic carbocycles. The third-order valence-electron chi connectivity index (χ3n) is 4.06. The van der Waals surface area contributed by atoms with E-state index in [4.69, 9.17) is 4.42 Å². The zero-order valence-electron chi connectivity index (χ0n) is 13.9. The number of nitrogens with one attached hydrogen (secondary N) is 1. The van der Waals surface area contributed by atoms with Crippen molar-refractivity contribution in [2.45, 2.75) is 39.8 Å². The minimum atomic E-state index is 0.573. The number of hydrogen-bond donors (Lipinski definition) is 1. The summed E-state index contributed by atoms with van der Waals surface area (Å²) in [7, 11) is 4.32. The largest absolute Gasteiger partial charge is 0.461 e. The van der Waals surface area contributed by atoms with Crippen molar-refractivity contribution in [3.63, 3.8) is 0 Å². The van der Waals surface area contributed by atoms with Gasteiger partial charge in [-0.05, 0) is 39.4 Å². The van der Waals surface area contributed by atoms with Crippen LogP contribution in [0.2, 0.25) is 0 Å². The molecule has 21 heavy (non-hydrogen) atoms. The van der Waals surface area contributed by atoms with E-state index < -0.39 is 0 Å². The fourth-order valence-electron chi connectivity index (χ4n) is 2.83. The highest BCUT2D eigenvalue weighted by Gasteiger charge is 2.14. The van der Waals surface area contributed by atoms with Crippen molar-refractivity contribution in [1.82, 2.24) is 10.2 Å². The second-order valence-corrected chi connectivity index (χ2v) is 6.51. The van der Waals surface area contributed by atoms with Gasteiger partial charge in [0.25, 0.3) is 0 Å². The van der Waals surface area contributed by atoms with Crippen molar-refractivity contribution >= 4 is 11.0 Å². The van der Waals surface area contributed by atoms with Crippen LogP contribution in [0.4, 0.5) is 0 Å². The number of para-hydroxylation sites is 1. The van der Waals surface area contributed by atoms with Gasteiger partial charge < -0.3 is 14.6 Å². The molecule has 1 aromatic carbocycles. The van der Waals surface area contributed by atoms with E-state index >= 15 is 0 Å². The number of nitrogens with zero attached hydrogens (tertiary/aromatic N) is 1. The minimum absolute atomic E-state index is 0.573. The minimum Gasteiger partial charge on any atom is -0.461 e. The van der Waals surface area contributed by atoms with Gasteiger partial charge in [0, 0.05) is 30.1 Å². The summed E-state index contributed by atoms with van der Waals surface area (Å²) in [5.41, 5.74) is 2.27. The quantitative estimate of drug-likeness (QED) is 0.840. The molecular weight excluding hydrogens is 260 g/mol. The highest BCUT2D eigenvalue weighted by Crippen LogP contribution is 2.24. The highest BCUT2D eigenvalue weighted by molar-refractivity contribution is 5.82. The van der Waals surface area contributed by atoms with Crippen LogP contribution >= 0.6 is 0 Å². The van der Waals surface area contributed by atoms with Crippen LogP contribution in [-0.2, 0) is 6.54 Å². The van der Waals surface area contributed by atoms with Crippen molar-refractivity contribution in [3.8, 4) is 0 Å². The van der Waals surface area contributed by atoms with Gasteiger partial charge in [-0.3, -0.25) is 0 Å². The number of furan rings is 1. The Morgan fingerprint density at radius 3 is 2.57 bits per heavy atom. The van der Waals surface area contributed by atoms with Gasteiger partial charge in [0.05, 0.1) is 0 Å². The van der Waals surface area contributed by atoms with Crippen LogP contribution in [0.3, 0.4) is 0 Å². The van der Waals surface area contributed by atoms with E-state index in [1.165, 1.54) is 17.4 Å². The van der Waals surface area contributed by atoms with E-state index in [2.05, 4.69) is 57.2 Å². The van der Waals surface area contributed by atoms with Crippen LogP contribution in [0.5, 0.6) is 0 Å². The number of fused-ring (bicyclic) bond motifs is 1. The average molecular weight is 288 g/mol. The van der Waals surface area contributed by atoms with Gasteiger partial charge in [0.1, 0.15) is 11.3 Å². The van der Waals surface area contributed by atoms with E-state index in [0.29, 0.717) is 6.04 Å². The molecule has 3 heteroatoms. The maximum absolute atomic E-state index is 5.82. The maximum Gasteiger partial charge on any atom is 0.134 e. The summed E-state index contributed by atoms with van der Waals surface area (Å²) in [5.74, 6) is 1.74. The fourth-order valence-corrected chi connectivity index (χ4v) is 2.83. The summed E-state index contributed by atoms with van der Waals surface area (Å²) in [4.78, 5) is 2.31. The highest BCUT2D eigenvalue weighted by atomic mass is 16.3. The molecule has 0 bridgehead atoms. The smallest absolute Gasteiger partial charge is 0.134 e. The molecule has 0 aliphatic heterocycles. The van der Waals surface area contributed by atoms with Crippen LogP contribution in [0.25, 0.3) is 11.0 Å². The molecule has 3 nitrogen and oxygen atoms in total. The molecule has 1 unspecified atom stereocenters. The average Bonchev–Trinajstić information content (AvgIpc) is 2.73. The molecule has 0 amide bonds. The van der Waals surface area contributed by atoms with Crippen LogP contribution < -0.4 is 5.32 Å². The molecule has 0 saturated carbocycles. The van der Waals surface area contributed by atoms with Gasteiger partial charge in [0.15, 0.2) is 0 Å². The topological polar surface area (TPSA) is 28.4 Å². The predicted molar refractivity (Wildman–Crippen MR) is 89.6 cm³/mol. The van der Waals surface area contributed by atoms with Gasteiger partial charge in [0.2, 0.25) is 0 Å². The lowest BCUT2D eigenvalue weighted by atomic mass is 10.0. The Labute approximate surface area is 128 Å². The van der Waals surface area contributed by atoms with E-state index in [0.717, 1.165) is 30.4 Å². The van der Waals surface area contributed by atoms with Crippen LogP contribution in [0.1, 0.15) is 31.6 Å². The van der Waals surface area contributed by atoms with Crippen LogP contribution in [0, 0.1) is 12.8 Å². The molecular formula is C18H28N2O. The van der Waals surface area contributed by atoms with Crippen LogP contribution in [0.15, 0.2) is 28.7 Å². The fraction of sp³-hybridized carbons (Fsp3) is 0.556. The molecule has 0 aliphatic rings. The monoisotopic (exact) mass is 288 g/mol. The van der Waals surface area contributed by atoms with Crippen molar-refractivity contribution in [2.75, 3.05) is 20.6 Å². The summed E-state index contributed by atoms with van der Waals surface area (Å²) in [6.07, 6.45) is 1.21. The molecule has 116 valence electrons. The van der Waals surface area contributed by atoms with Crippen molar-refractivity contribution in [2.24, 2.45) is 5.92 Å². The number of aryl methyl sites for hydroxylation is 1. The molecule has 1 atom stereocenters. The summed E-state index contributed by atoms with van der Waals surface area (Å²) in [5, 5.41) is 4.84. The zero-order valence-corrected chi connectivity index (χ0v) is 13.9. The van der Waals surface area contributed by atoms with E-state index in [-0.39, 0.29) is 0 Å². The van der Waals surface area contributed by atoms with Gasteiger partial charge in [-0.15, -0.1) is 0 Å². The number of likely N-dealkylation sites (N-methyl/N-ethyl adjacent to an activating group) is 1. The maximum atomic E-state index is 5.82. The van der Waals surface area contributed by atoms with Gasteiger partial charge in [-0.25, -0.2) is 0 Å². The third-order valence-corrected chi connectivity index (χ3v) is 4.06. The Kier molecular flexibility index (Phi) is 5.43. The second-order valence-electron chi connectivity index (χ2n) is 6.51. The molecule has 2 aromatic rings. The summed E-state index contributed by atoms with van der Waals surface area (Å²) < 4.78 is 5.82. The first-order valence-corrected chi connectivity index (χ1v) is 7.83.